The first-order chi connectivity index (χ1) is 9.54. The summed E-state index contributed by atoms with van der Waals surface area (Å²) in [5, 5.41) is 11.8. The van der Waals surface area contributed by atoms with E-state index in [1.807, 2.05) is 11.0 Å². The van der Waals surface area contributed by atoms with Crippen LogP contribution in [0.3, 0.4) is 0 Å². The van der Waals surface area contributed by atoms with Crippen molar-refractivity contribution in [3.8, 4) is 6.07 Å². The summed E-state index contributed by atoms with van der Waals surface area (Å²) in [7, 11) is 1.67. The van der Waals surface area contributed by atoms with E-state index in [0.29, 0.717) is 13.0 Å². The lowest BCUT2D eigenvalue weighted by atomic mass is 10.0. The molecule has 1 aliphatic rings. The topological polar surface area (TPSA) is 102 Å². The molecule has 1 rings (SSSR count). The van der Waals surface area contributed by atoms with Gasteiger partial charge in [-0.15, -0.1) is 0 Å². The Morgan fingerprint density at radius 2 is 2.00 bits per heavy atom. The highest BCUT2D eigenvalue weighted by Crippen LogP contribution is 2.11. The van der Waals surface area contributed by atoms with E-state index < -0.39 is 5.91 Å². The predicted octanol–water partition coefficient (Wildman–Crippen LogP) is -1.10. The molecule has 0 aromatic heterocycles. The predicted molar refractivity (Wildman–Crippen MR) is 74.5 cm³/mol. The van der Waals surface area contributed by atoms with Gasteiger partial charge in [0, 0.05) is 19.6 Å². The van der Waals surface area contributed by atoms with Crippen LogP contribution in [0.2, 0.25) is 0 Å². The van der Waals surface area contributed by atoms with E-state index in [0.717, 1.165) is 25.9 Å². The molecule has 0 aromatic carbocycles. The Bertz CT molecular complexity index is 373. The Kier molecular flexibility index (Phi) is 6.98. The summed E-state index contributed by atoms with van der Waals surface area (Å²) < 4.78 is 0. The van der Waals surface area contributed by atoms with E-state index in [4.69, 9.17) is 11.0 Å². The second-order valence-corrected chi connectivity index (χ2v) is 5.08. The van der Waals surface area contributed by atoms with Crippen LogP contribution in [-0.2, 0) is 9.59 Å². The second-order valence-electron chi connectivity index (χ2n) is 5.08. The van der Waals surface area contributed by atoms with Crippen LogP contribution >= 0.6 is 0 Å². The number of likely N-dealkylation sites (N-methyl/N-ethyl adjacent to an activating group) is 1. The van der Waals surface area contributed by atoms with Crippen LogP contribution in [0.15, 0.2) is 0 Å². The zero-order chi connectivity index (χ0) is 15.0. The lowest BCUT2D eigenvalue weighted by Gasteiger charge is -2.34. The third-order valence-electron chi connectivity index (χ3n) is 3.51. The molecule has 1 saturated heterocycles. The minimum absolute atomic E-state index is 0.0833. The number of piperidine rings is 1. The summed E-state index contributed by atoms with van der Waals surface area (Å²) >= 11 is 0. The van der Waals surface area contributed by atoms with Crippen LogP contribution in [0.25, 0.3) is 0 Å². The Balaban J connectivity index is 2.56. The maximum atomic E-state index is 12.1. The van der Waals surface area contributed by atoms with Gasteiger partial charge in [-0.05, 0) is 25.9 Å². The summed E-state index contributed by atoms with van der Waals surface area (Å²) in [4.78, 5) is 26.6. The molecule has 2 amide bonds. The van der Waals surface area contributed by atoms with E-state index in [9.17, 15) is 9.59 Å². The van der Waals surface area contributed by atoms with Gasteiger partial charge in [0.1, 0.15) is 0 Å². The number of nitrogens with two attached hydrogens (primary N) is 1. The first-order valence-electron chi connectivity index (χ1n) is 6.88. The fraction of sp³-hybridized carbons (Fsp3) is 0.769. The number of amides is 2. The maximum absolute atomic E-state index is 12.1. The van der Waals surface area contributed by atoms with Gasteiger partial charge in [0.15, 0.2) is 0 Å². The monoisotopic (exact) mass is 281 g/mol. The highest BCUT2D eigenvalue weighted by Gasteiger charge is 2.25. The molecule has 0 saturated carbocycles. The highest BCUT2D eigenvalue weighted by atomic mass is 16.2. The van der Waals surface area contributed by atoms with Gasteiger partial charge >= 0.3 is 0 Å². The summed E-state index contributed by atoms with van der Waals surface area (Å²) in [5.41, 5.74) is 5.27. The minimum Gasteiger partial charge on any atom is -0.369 e. The molecule has 0 bridgehead atoms. The van der Waals surface area contributed by atoms with E-state index in [1.54, 1.807) is 7.05 Å². The maximum Gasteiger partial charge on any atom is 0.236 e. The van der Waals surface area contributed by atoms with Gasteiger partial charge in [-0.1, -0.05) is 0 Å². The number of nitrogens with one attached hydrogen (secondary N) is 1. The third kappa shape index (κ3) is 5.55. The Morgan fingerprint density at radius 3 is 2.55 bits per heavy atom. The number of carbonyl (C=O) groups excluding carboxylic acids is 2. The van der Waals surface area contributed by atoms with Gasteiger partial charge in [0.05, 0.1) is 25.6 Å². The SMILES string of the molecule is CN(CCC#N)C(=O)CN(CC(N)=O)C1CCNCC1. The molecule has 0 unspecified atom stereocenters. The summed E-state index contributed by atoms with van der Waals surface area (Å²) in [6, 6.07) is 2.22. The smallest absolute Gasteiger partial charge is 0.236 e. The number of rotatable bonds is 7. The van der Waals surface area contributed by atoms with Crippen LogP contribution in [0.1, 0.15) is 19.3 Å². The van der Waals surface area contributed by atoms with Crippen molar-refractivity contribution in [3.05, 3.63) is 0 Å². The summed E-state index contributed by atoms with van der Waals surface area (Å²) in [6.45, 7) is 2.46. The molecule has 0 aliphatic carbocycles. The van der Waals surface area contributed by atoms with Gasteiger partial charge < -0.3 is 16.0 Å². The average Bonchev–Trinajstić information content (AvgIpc) is 2.44. The van der Waals surface area contributed by atoms with Crippen molar-refractivity contribution in [2.24, 2.45) is 5.73 Å². The van der Waals surface area contributed by atoms with Gasteiger partial charge in [-0.2, -0.15) is 5.26 Å². The van der Waals surface area contributed by atoms with Crippen LogP contribution < -0.4 is 11.1 Å². The molecule has 7 nitrogen and oxygen atoms in total. The molecule has 20 heavy (non-hydrogen) atoms. The van der Waals surface area contributed by atoms with Crippen molar-refractivity contribution in [1.82, 2.24) is 15.1 Å². The average molecular weight is 281 g/mol. The fourth-order valence-electron chi connectivity index (χ4n) is 2.32. The molecular weight excluding hydrogens is 258 g/mol. The standard InChI is InChI=1S/C13H23N5O2/c1-17(8-2-5-14)13(20)10-18(9-12(15)19)11-3-6-16-7-4-11/h11,16H,2-4,6-10H2,1H3,(H2,15,19). The van der Waals surface area contributed by atoms with Crippen molar-refractivity contribution < 1.29 is 9.59 Å². The molecule has 112 valence electrons. The van der Waals surface area contributed by atoms with Crippen LogP contribution in [0.5, 0.6) is 0 Å². The molecule has 1 fully saturated rings. The minimum atomic E-state index is -0.420. The van der Waals surface area contributed by atoms with Gasteiger partial charge in [0.25, 0.3) is 0 Å². The lowest BCUT2D eigenvalue weighted by Crippen LogP contribution is -2.50. The normalized spacial score (nSPS) is 15.8. The largest absolute Gasteiger partial charge is 0.369 e. The van der Waals surface area contributed by atoms with E-state index in [1.165, 1.54) is 4.90 Å². The van der Waals surface area contributed by atoms with E-state index in [2.05, 4.69) is 5.32 Å². The number of carbonyl (C=O) groups is 2. The summed E-state index contributed by atoms with van der Waals surface area (Å²) in [6.07, 6.45) is 2.12. The number of primary amides is 1. The van der Waals surface area contributed by atoms with Crippen molar-refractivity contribution in [3.63, 3.8) is 0 Å². The lowest BCUT2D eigenvalue weighted by molar-refractivity contribution is -0.132. The van der Waals surface area contributed by atoms with Crippen molar-refractivity contribution in [2.45, 2.75) is 25.3 Å². The molecule has 1 heterocycles. The zero-order valence-corrected chi connectivity index (χ0v) is 12.0. The number of nitriles is 1. The van der Waals surface area contributed by atoms with Crippen molar-refractivity contribution in [1.29, 1.82) is 5.26 Å². The molecule has 3 N–H and O–H groups in total. The van der Waals surface area contributed by atoms with Crippen LogP contribution in [0.4, 0.5) is 0 Å². The highest BCUT2D eigenvalue weighted by molar-refractivity contribution is 5.80. The van der Waals surface area contributed by atoms with Gasteiger partial charge in [0.2, 0.25) is 11.8 Å². The molecule has 0 aromatic rings. The fourth-order valence-corrected chi connectivity index (χ4v) is 2.32. The first kappa shape index (κ1) is 16.4. The van der Waals surface area contributed by atoms with E-state index >= 15 is 0 Å². The van der Waals surface area contributed by atoms with Gasteiger partial charge in [-0.3, -0.25) is 14.5 Å². The van der Waals surface area contributed by atoms with E-state index in [-0.39, 0.29) is 25.0 Å². The molecule has 0 spiro atoms. The number of nitrogens with zero attached hydrogens (tertiary/aromatic N) is 3. The van der Waals surface area contributed by atoms with Crippen LogP contribution in [-0.4, -0.2) is 67.4 Å². The zero-order valence-electron chi connectivity index (χ0n) is 12.0. The Labute approximate surface area is 119 Å². The quantitative estimate of drug-likeness (QED) is 0.616. The molecule has 7 heteroatoms. The molecular formula is C13H23N5O2. The molecule has 0 radical (unpaired) electrons. The Hall–Kier alpha value is -1.65. The number of hydrogen-bond acceptors (Lipinski definition) is 5. The third-order valence-corrected chi connectivity index (χ3v) is 3.51. The number of hydrogen-bond donors (Lipinski definition) is 2. The van der Waals surface area contributed by atoms with Gasteiger partial charge in [-0.25, -0.2) is 0 Å². The van der Waals surface area contributed by atoms with Crippen molar-refractivity contribution in [2.75, 3.05) is 39.8 Å². The Morgan fingerprint density at radius 1 is 1.35 bits per heavy atom. The van der Waals surface area contributed by atoms with Crippen molar-refractivity contribution >= 4 is 11.8 Å². The molecule has 1 aliphatic heterocycles. The summed E-state index contributed by atoms with van der Waals surface area (Å²) in [5.74, 6) is -0.504. The van der Waals surface area contributed by atoms with Crippen LogP contribution in [0, 0.1) is 11.3 Å². The molecule has 0 atom stereocenters. The second kappa shape index (κ2) is 8.51. The first-order valence-corrected chi connectivity index (χ1v) is 6.88.